The Labute approximate surface area is 191 Å². The number of amides is 1. The van der Waals surface area contributed by atoms with E-state index in [1.165, 1.54) is 11.6 Å². The Hall–Kier alpha value is -3.56. The van der Waals surface area contributed by atoms with Crippen LogP contribution < -0.4 is 20.7 Å². The molecule has 1 aliphatic rings. The number of likely N-dealkylation sites (tertiary alicyclic amines) is 1. The fourth-order valence-electron chi connectivity index (χ4n) is 4.59. The van der Waals surface area contributed by atoms with Crippen LogP contribution in [0, 0.1) is 0 Å². The maximum atomic E-state index is 13.1. The number of rotatable bonds is 7. The van der Waals surface area contributed by atoms with Crippen molar-refractivity contribution in [2.45, 2.75) is 38.3 Å². The van der Waals surface area contributed by atoms with E-state index >= 15 is 0 Å². The minimum Gasteiger partial charge on any atom is -0.497 e. The molecule has 1 aliphatic heterocycles. The van der Waals surface area contributed by atoms with Gasteiger partial charge in [-0.25, -0.2) is 9.78 Å². The molecule has 1 fully saturated rings. The first-order valence-electron chi connectivity index (χ1n) is 11.0. The zero-order chi connectivity index (χ0) is 23.7. The van der Waals surface area contributed by atoms with Crippen LogP contribution in [0.15, 0.2) is 34.1 Å². The van der Waals surface area contributed by atoms with E-state index in [1.54, 1.807) is 32.2 Å². The SMILES string of the molecule is COc1ccc(C2CCCN2C(=O)CCCn2cnc3c2c(=O)n(C)c(=O)n3C)c(OC)c1. The van der Waals surface area contributed by atoms with Crippen molar-refractivity contribution >= 4 is 17.1 Å². The molecule has 2 aromatic heterocycles. The fourth-order valence-corrected chi connectivity index (χ4v) is 4.59. The van der Waals surface area contributed by atoms with Gasteiger partial charge in [-0.3, -0.25) is 18.7 Å². The van der Waals surface area contributed by atoms with Gasteiger partial charge >= 0.3 is 5.69 Å². The molecule has 0 bridgehead atoms. The van der Waals surface area contributed by atoms with Gasteiger partial charge in [0.05, 0.1) is 26.6 Å². The maximum Gasteiger partial charge on any atom is 0.332 e. The number of aryl methyl sites for hydroxylation is 2. The van der Waals surface area contributed by atoms with Crippen LogP contribution in [-0.2, 0) is 25.4 Å². The van der Waals surface area contributed by atoms with Gasteiger partial charge in [0.2, 0.25) is 5.91 Å². The third-order valence-electron chi connectivity index (χ3n) is 6.38. The van der Waals surface area contributed by atoms with E-state index in [4.69, 9.17) is 9.47 Å². The van der Waals surface area contributed by atoms with Gasteiger partial charge in [0, 0.05) is 45.2 Å². The number of fused-ring (bicyclic) bond motifs is 1. The first-order chi connectivity index (χ1) is 15.9. The molecular formula is C23H29N5O5. The molecule has 0 N–H and O–H groups in total. The predicted octanol–water partition coefficient (Wildman–Crippen LogP) is 1.59. The van der Waals surface area contributed by atoms with Gasteiger partial charge in [-0.1, -0.05) is 0 Å². The van der Waals surface area contributed by atoms with Crippen LogP contribution in [0.3, 0.4) is 0 Å². The smallest absolute Gasteiger partial charge is 0.332 e. The Morgan fingerprint density at radius 2 is 1.94 bits per heavy atom. The molecule has 0 aliphatic carbocycles. The number of hydrogen-bond donors (Lipinski definition) is 0. The Bertz CT molecular complexity index is 1310. The van der Waals surface area contributed by atoms with Crippen molar-refractivity contribution < 1.29 is 14.3 Å². The highest BCUT2D eigenvalue weighted by molar-refractivity contribution is 5.77. The molecule has 1 aromatic carbocycles. The van der Waals surface area contributed by atoms with Crippen molar-refractivity contribution in [1.82, 2.24) is 23.6 Å². The predicted molar refractivity (Wildman–Crippen MR) is 123 cm³/mol. The number of aromatic nitrogens is 4. The average molecular weight is 456 g/mol. The normalized spacial score (nSPS) is 15.9. The van der Waals surface area contributed by atoms with E-state index in [-0.39, 0.29) is 17.5 Å². The highest BCUT2D eigenvalue weighted by atomic mass is 16.5. The molecule has 10 heteroatoms. The van der Waals surface area contributed by atoms with Crippen LogP contribution in [0.2, 0.25) is 0 Å². The number of carbonyl (C=O) groups is 1. The number of nitrogens with zero attached hydrogens (tertiary/aromatic N) is 5. The lowest BCUT2D eigenvalue weighted by molar-refractivity contribution is -0.132. The molecule has 33 heavy (non-hydrogen) atoms. The third kappa shape index (κ3) is 4.01. The van der Waals surface area contributed by atoms with Crippen LogP contribution >= 0.6 is 0 Å². The van der Waals surface area contributed by atoms with Crippen molar-refractivity contribution in [2.24, 2.45) is 14.1 Å². The standard InChI is InChI=1S/C23H29N5O5/c1-25-21-20(22(30)26(2)23(25)31)27(14-24-21)11-6-8-19(29)28-12-5-7-17(28)16-10-9-15(32-3)13-18(16)33-4/h9-10,13-14,17H,5-8,11-12H2,1-4H3. The van der Waals surface area contributed by atoms with Crippen LogP contribution in [0.1, 0.15) is 37.3 Å². The molecule has 0 spiro atoms. The van der Waals surface area contributed by atoms with Crippen LogP contribution in [0.25, 0.3) is 11.2 Å². The van der Waals surface area contributed by atoms with Gasteiger partial charge in [0.25, 0.3) is 5.56 Å². The lowest BCUT2D eigenvalue weighted by atomic mass is 10.0. The second-order valence-corrected chi connectivity index (χ2v) is 8.27. The van der Waals surface area contributed by atoms with Gasteiger partial charge in [0.1, 0.15) is 11.5 Å². The zero-order valence-corrected chi connectivity index (χ0v) is 19.4. The molecule has 3 heterocycles. The Morgan fingerprint density at radius 1 is 1.15 bits per heavy atom. The molecule has 4 rings (SSSR count). The van der Waals surface area contributed by atoms with Gasteiger partial charge in [-0.2, -0.15) is 0 Å². The summed E-state index contributed by atoms with van der Waals surface area (Å²) < 4.78 is 15.0. The quantitative estimate of drug-likeness (QED) is 0.536. The topological polar surface area (TPSA) is 101 Å². The molecule has 0 saturated carbocycles. The van der Waals surface area contributed by atoms with Gasteiger partial charge in [-0.15, -0.1) is 0 Å². The number of ether oxygens (including phenoxy) is 2. The highest BCUT2D eigenvalue weighted by Crippen LogP contribution is 2.39. The van der Waals surface area contributed by atoms with Crippen molar-refractivity contribution in [3.05, 3.63) is 50.9 Å². The van der Waals surface area contributed by atoms with E-state index in [0.29, 0.717) is 48.6 Å². The summed E-state index contributed by atoms with van der Waals surface area (Å²) in [7, 11) is 6.27. The molecule has 1 unspecified atom stereocenters. The molecule has 1 saturated heterocycles. The molecule has 3 aromatic rings. The number of imidazole rings is 1. The number of methoxy groups -OCH3 is 2. The number of carbonyl (C=O) groups excluding carboxylic acids is 1. The van der Waals surface area contributed by atoms with Crippen LogP contribution in [-0.4, -0.2) is 50.3 Å². The Balaban J connectivity index is 1.48. The van der Waals surface area contributed by atoms with Gasteiger partial charge in [-0.05, 0) is 31.4 Å². The zero-order valence-electron chi connectivity index (χ0n) is 19.4. The van der Waals surface area contributed by atoms with Crippen molar-refractivity contribution in [3.63, 3.8) is 0 Å². The summed E-state index contributed by atoms with van der Waals surface area (Å²) in [4.78, 5) is 43.9. The molecule has 1 amide bonds. The highest BCUT2D eigenvalue weighted by Gasteiger charge is 2.31. The van der Waals surface area contributed by atoms with Gasteiger partial charge < -0.3 is 18.9 Å². The van der Waals surface area contributed by atoms with Crippen molar-refractivity contribution in [3.8, 4) is 11.5 Å². The number of benzene rings is 1. The summed E-state index contributed by atoms with van der Waals surface area (Å²) in [6.45, 7) is 1.16. The molecule has 176 valence electrons. The van der Waals surface area contributed by atoms with Crippen LogP contribution in [0.4, 0.5) is 0 Å². The third-order valence-corrected chi connectivity index (χ3v) is 6.38. The van der Waals surface area contributed by atoms with Crippen LogP contribution in [0.5, 0.6) is 11.5 Å². The van der Waals surface area contributed by atoms with E-state index in [9.17, 15) is 14.4 Å². The second kappa shape index (κ2) is 9.13. The van der Waals surface area contributed by atoms with E-state index in [1.807, 2.05) is 23.1 Å². The summed E-state index contributed by atoms with van der Waals surface area (Å²) in [5, 5.41) is 0. The molecule has 0 radical (unpaired) electrons. The largest absolute Gasteiger partial charge is 0.497 e. The summed E-state index contributed by atoms with van der Waals surface area (Å²) in [5.41, 5.74) is 0.897. The monoisotopic (exact) mass is 455 g/mol. The molecule has 1 atom stereocenters. The van der Waals surface area contributed by atoms with Gasteiger partial charge in [0.15, 0.2) is 11.2 Å². The second-order valence-electron chi connectivity index (χ2n) is 8.27. The first kappa shape index (κ1) is 22.6. The Kier molecular flexibility index (Phi) is 6.26. The molecular weight excluding hydrogens is 426 g/mol. The molecule has 10 nitrogen and oxygen atoms in total. The van der Waals surface area contributed by atoms with Crippen molar-refractivity contribution in [1.29, 1.82) is 0 Å². The number of hydrogen-bond acceptors (Lipinski definition) is 6. The van der Waals surface area contributed by atoms with Crippen molar-refractivity contribution in [2.75, 3.05) is 20.8 Å². The lowest BCUT2D eigenvalue weighted by Gasteiger charge is -2.26. The minimum absolute atomic E-state index is 0.0331. The lowest BCUT2D eigenvalue weighted by Crippen LogP contribution is -2.37. The Morgan fingerprint density at radius 3 is 2.67 bits per heavy atom. The average Bonchev–Trinajstić information content (AvgIpc) is 3.48. The van der Waals surface area contributed by atoms with E-state index in [0.717, 1.165) is 23.0 Å². The van der Waals surface area contributed by atoms with E-state index in [2.05, 4.69) is 4.98 Å². The van der Waals surface area contributed by atoms with E-state index < -0.39 is 5.69 Å². The summed E-state index contributed by atoms with van der Waals surface area (Å²) in [6, 6.07) is 5.66. The summed E-state index contributed by atoms with van der Waals surface area (Å²) in [5.74, 6) is 1.49. The maximum absolute atomic E-state index is 13.1. The summed E-state index contributed by atoms with van der Waals surface area (Å²) in [6.07, 6.45) is 4.27. The minimum atomic E-state index is -0.415. The fraction of sp³-hybridized carbons (Fsp3) is 0.478. The summed E-state index contributed by atoms with van der Waals surface area (Å²) >= 11 is 0. The first-order valence-corrected chi connectivity index (χ1v) is 11.0.